The van der Waals surface area contributed by atoms with E-state index in [9.17, 15) is 14.3 Å². The van der Waals surface area contributed by atoms with E-state index in [1.54, 1.807) is 0 Å². The van der Waals surface area contributed by atoms with E-state index < -0.39 is 35.4 Å². The standard InChI is InChI=1S/C15H22ClFN4O4/c1-7(2)8(18)5-24-12-14(6-16)15(12,23)10(17)11(25-14)21-4-3-9(19)20-13(21)22/h3-4,7-8,10-12,23H,5-6,18H2,1-2H3,(H2,19,20,22). The van der Waals surface area contributed by atoms with Crippen LogP contribution < -0.4 is 17.2 Å². The highest BCUT2D eigenvalue weighted by Crippen LogP contribution is 2.65. The number of alkyl halides is 2. The van der Waals surface area contributed by atoms with Gasteiger partial charge in [0.05, 0.1) is 12.5 Å². The van der Waals surface area contributed by atoms with Gasteiger partial charge in [0.1, 0.15) is 17.5 Å². The first kappa shape index (κ1) is 18.5. The number of nitrogen functional groups attached to an aromatic ring is 1. The molecule has 1 saturated heterocycles. The molecule has 1 aromatic rings. The second kappa shape index (κ2) is 6.17. The van der Waals surface area contributed by atoms with Crippen LogP contribution in [0.1, 0.15) is 20.1 Å². The predicted molar refractivity (Wildman–Crippen MR) is 88.9 cm³/mol. The molecule has 0 spiro atoms. The zero-order valence-electron chi connectivity index (χ0n) is 13.9. The summed E-state index contributed by atoms with van der Waals surface area (Å²) in [5, 5.41) is 10.8. The first-order chi connectivity index (χ1) is 11.7. The van der Waals surface area contributed by atoms with Crippen molar-refractivity contribution in [1.29, 1.82) is 0 Å². The Morgan fingerprint density at radius 1 is 1.60 bits per heavy atom. The Morgan fingerprint density at radius 3 is 2.80 bits per heavy atom. The summed E-state index contributed by atoms with van der Waals surface area (Å²) >= 11 is 5.95. The maximum absolute atomic E-state index is 15.0. The second-order valence-corrected chi connectivity index (χ2v) is 7.19. The van der Waals surface area contributed by atoms with Crippen molar-refractivity contribution >= 4 is 17.4 Å². The molecule has 5 N–H and O–H groups in total. The van der Waals surface area contributed by atoms with Crippen molar-refractivity contribution < 1.29 is 19.0 Å². The lowest BCUT2D eigenvalue weighted by molar-refractivity contribution is -0.104. The molecule has 1 aliphatic heterocycles. The van der Waals surface area contributed by atoms with Crippen LogP contribution in [0.15, 0.2) is 17.1 Å². The molecule has 2 fully saturated rings. The molecule has 140 valence electrons. The molecular weight excluding hydrogens is 355 g/mol. The largest absolute Gasteiger partial charge is 0.383 e. The zero-order chi connectivity index (χ0) is 18.6. The molecule has 0 bridgehead atoms. The molecule has 0 amide bonds. The van der Waals surface area contributed by atoms with Crippen LogP contribution in [0.2, 0.25) is 0 Å². The van der Waals surface area contributed by atoms with Gasteiger partial charge in [-0.2, -0.15) is 4.98 Å². The first-order valence-corrected chi connectivity index (χ1v) is 8.54. The van der Waals surface area contributed by atoms with Gasteiger partial charge in [0.15, 0.2) is 18.0 Å². The molecule has 6 atom stereocenters. The maximum Gasteiger partial charge on any atom is 0.351 e. The smallest absolute Gasteiger partial charge is 0.351 e. The molecule has 2 heterocycles. The van der Waals surface area contributed by atoms with Gasteiger partial charge in [-0.15, -0.1) is 11.6 Å². The number of rotatable bonds is 6. The van der Waals surface area contributed by atoms with E-state index in [0.29, 0.717) is 0 Å². The molecule has 10 heteroatoms. The van der Waals surface area contributed by atoms with Crippen molar-refractivity contribution in [3.05, 3.63) is 22.7 Å². The lowest BCUT2D eigenvalue weighted by atomic mass is 10.1. The Labute approximate surface area is 148 Å². The number of fused-ring (bicyclic) bond motifs is 1. The van der Waals surface area contributed by atoms with Crippen LogP contribution in [0.4, 0.5) is 10.2 Å². The summed E-state index contributed by atoms with van der Waals surface area (Å²) < 4.78 is 27.2. The fourth-order valence-electron chi connectivity index (χ4n) is 3.19. The number of aromatic nitrogens is 2. The van der Waals surface area contributed by atoms with Crippen molar-refractivity contribution in [2.45, 2.75) is 49.6 Å². The summed E-state index contributed by atoms with van der Waals surface area (Å²) in [6, 6.07) is 1.07. The maximum atomic E-state index is 15.0. The van der Waals surface area contributed by atoms with Gasteiger partial charge < -0.3 is 26.0 Å². The minimum absolute atomic E-state index is 0.00876. The third-order valence-electron chi connectivity index (χ3n) is 5.06. The molecule has 0 radical (unpaired) electrons. The van der Waals surface area contributed by atoms with Gasteiger partial charge in [-0.3, -0.25) is 4.57 Å². The topological polar surface area (TPSA) is 126 Å². The summed E-state index contributed by atoms with van der Waals surface area (Å²) in [4.78, 5) is 15.5. The average molecular weight is 377 g/mol. The van der Waals surface area contributed by atoms with Gasteiger partial charge in [0, 0.05) is 12.2 Å². The minimum atomic E-state index is -1.95. The molecule has 6 unspecified atom stereocenters. The van der Waals surface area contributed by atoms with E-state index in [1.807, 2.05) is 13.8 Å². The molecule has 1 aromatic heterocycles. The Hall–Kier alpha value is -1.26. The van der Waals surface area contributed by atoms with Crippen molar-refractivity contribution in [3.63, 3.8) is 0 Å². The number of hydrogen-bond acceptors (Lipinski definition) is 7. The first-order valence-electron chi connectivity index (χ1n) is 8.01. The summed E-state index contributed by atoms with van der Waals surface area (Å²) in [5.41, 5.74) is 7.19. The molecule has 1 saturated carbocycles. The van der Waals surface area contributed by atoms with Crippen molar-refractivity contribution in [2.75, 3.05) is 18.2 Å². The van der Waals surface area contributed by atoms with Crippen LogP contribution in [0, 0.1) is 5.92 Å². The van der Waals surface area contributed by atoms with Crippen molar-refractivity contribution in [2.24, 2.45) is 11.7 Å². The van der Waals surface area contributed by atoms with E-state index in [1.165, 1.54) is 12.3 Å². The van der Waals surface area contributed by atoms with E-state index in [-0.39, 0.29) is 30.3 Å². The van der Waals surface area contributed by atoms with Crippen molar-refractivity contribution in [1.82, 2.24) is 9.55 Å². The van der Waals surface area contributed by atoms with Gasteiger partial charge in [-0.25, -0.2) is 9.18 Å². The second-order valence-electron chi connectivity index (χ2n) is 6.92. The number of nitrogens with two attached hydrogens (primary N) is 2. The highest BCUT2D eigenvalue weighted by molar-refractivity contribution is 6.19. The Bertz CT molecular complexity index is 715. The highest BCUT2D eigenvalue weighted by Gasteiger charge is 2.88. The summed E-state index contributed by atoms with van der Waals surface area (Å²) in [6.45, 7) is 3.99. The summed E-state index contributed by atoms with van der Waals surface area (Å²) in [7, 11) is 0. The quantitative estimate of drug-likeness (QED) is 0.586. The minimum Gasteiger partial charge on any atom is -0.383 e. The van der Waals surface area contributed by atoms with Crippen LogP contribution in [-0.2, 0) is 9.47 Å². The molecule has 3 rings (SSSR count). The van der Waals surface area contributed by atoms with E-state index in [0.717, 1.165) is 4.57 Å². The third-order valence-corrected chi connectivity index (χ3v) is 5.45. The van der Waals surface area contributed by atoms with Gasteiger partial charge in [-0.05, 0) is 12.0 Å². The van der Waals surface area contributed by atoms with Crippen LogP contribution >= 0.6 is 11.6 Å². The Kier molecular flexibility index (Phi) is 4.57. The number of hydrogen-bond donors (Lipinski definition) is 3. The van der Waals surface area contributed by atoms with Gasteiger partial charge in [0.2, 0.25) is 0 Å². The van der Waals surface area contributed by atoms with E-state index >= 15 is 0 Å². The van der Waals surface area contributed by atoms with Crippen LogP contribution in [0.25, 0.3) is 0 Å². The molecule has 0 aromatic carbocycles. The molecule has 1 aliphatic carbocycles. The summed E-state index contributed by atoms with van der Waals surface area (Å²) in [6.07, 6.45) is -2.97. The fraction of sp³-hybridized carbons (Fsp3) is 0.733. The monoisotopic (exact) mass is 376 g/mol. The Balaban J connectivity index is 1.80. The number of nitrogens with zero attached hydrogens (tertiary/aromatic N) is 2. The van der Waals surface area contributed by atoms with Crippen LogP contribution in [0.3, 0.4) is 0 Å². The summed E-state index contributed by atoms with van der Waals surface area (Å²) in [5.74, 6) is -0.0250. The molecule has 2 aliphatic rings. The molecular formula is C15H22ClFN4O4. The number of anilines is 1. The SMILES string of the molecule is CC(C)C(N)COC1C2(CCl)OC(n3ccc(N)nc3=O)C(F)C12O. The average Bonchev–Trinajstić information content (AvgIpc) is 2.99. The molecule has 25 heavy (non-hydrogen) atoms. The van der Waals surface area contributed by atoms with E-state index in [2.05, 4.69) is 4.98 Å². The fourth-order valence-corrected chi connectivity index (χ4v) is 3.61. The Morgan fingerprint density at radius 2 is 2.28 bits per heavy atom. The van der Waals surface area contributed by atoms with Gasteiger partial charge >= 0.3 is 5.69 Å². The van der Waals surface area contributed by atoms with Crippen LogP contribution in [0.5, 0.6) is 0 Å². The number of ether oxygens (including phenoxy) is 2. The normalized spacial score (nSPS) is 38.0. The lowest BCUT2D eigenvalue weighted by Crippen LogP contribution is -2.40. The highest BCUT2D eigenvalue weighted by atomic mass is 35.5. The van der Waals surface area contributed by atoms with Gasteiger partial charge in [-0.1, -0.05) is 13.8 Å². The number of halogens is 2. The number of aliphatic hydroxyl groups is 1. The van der Waals surface area contributed by atoms with Gasteiger partial charge in [0.25, 0.3) is 0 Å². The van der Waals surface area contributed by atoms with E-state index in [4.69, 9.17) is 32.5 Å². The third kappa shape index (κ3) is 2.57. The van der Waals surface area contributed by atoms with Crippen molar-refractivity contribution in [3.8, 4) is 0 Å². The van der Waals surface area contributed by atoms with Crippen LogP contribution in [-0.4, -0.2) is 56.7 Å². The zero-order valence-corrected chi connectivity index (χ0v) is 14.7. The lowest BCUT2D eigenvalue weighted by Gasteiger charge is -2.24. The predicted octanol–water partition coefficient (Wildman–Crippen LogP) is -0.217. The molecule has 8 nitrogen and oxygen atoms in total.